The third-order valence-electron chi connectivity index (χ3n) is 4.13. The fourth-order valence-electron chi connectivity index (χ4n) is 2.93. The van der Waals surface area contributed by atoms with Crippen LogP contribution >= 0.6 is 7.14 Å². The third-order valence-corrected chi connectivity index (χ3v) is 7.09. The monoisotopic (exact) mass is 336 g/mol. The van der Waals surface area contributed by atoms with Crippen LogP contribution in [0.1, 0.15) is 11.1 Å². The molecule has 3 rings (SSSR count). The molecule has 0 aromatic heterocycles. The van der Waals surface area contributed by atoms with Gasteiger partial charge in [0.15, 0.2) is 0 Å². The highest BCUT2D eigenvalue weighted by molar-refractivity contribution is 7.70. The predicted molar refractivity (Wildman–Crippen MR) is 101 cm³/mol. The molecule has 0 N–H and O–H groups in total. The molecule has 1 atom stereocenters. The van der Waals surface area contributed by atoms with Gasteiger partial charge in [0.2, 0.25) is 0 Å². The summed E-state index contributed by atoms with van der Waals surface area (Å²) in [6, 6.07) is 27.7. The number of ether oxygens (including phenoxy) is 1. The van der Waals surface area contributed by atoms with Gasteiger partial charge in [0.05, 0.1) is 7.11 Å². The lowest BCUT2D eigenvalue weighted by molar-refractivity contribution is 0.411. The molecule has 3 aromatic carbocycles. The summed E-state index contributed by atoms with van der Waals surface area (Å²) in [4.78, 5) is 0. The third kappa shape index (κ3) is 3.77. The minimum Gasteiger partial charge on any atom is -0.496 e. The summed E-state index contributed by atoms with van der Waals surface area (Å²) in [5.41, 5.74) is 2.09. The average molecular weight is 336 g/mol. The highest BCUT2D eigenvalue weighted by Crippen LogP contribution is 2.52. The first-order chi connectivity index (χ1) is 11.7. The fraction of sp³-hybridized carbons (Fsp3) is 0.143. The van der Waals surface area contributed by atoms with Gasteiger partial charge in [0.1, 0.15) is 12.9 Å². The van der Waals surface area contributed by atoms with E-state index in [0.29, 0.717) is 12.3 Å². The first-order valence-corrected chi connectivity index (χ1v) is 10.1. The second-order valence-corrected chi connectivity index (χ2v) is 8.77. The highest BCUT2D eigenvalue weighted by atomic mass is 31.2. The maximum Gasteiger partial charge on any atom is 0.124 e. The molecule has 0 saturated heterocycles. The van der Waals surface area contributed by atoms with Crippen LogP contribution in [0.25, 0.3) is 0 Å². The molecule has 0 unspecified atom stereocenters. The van der Waals surface area contributed by atoms with Gasteiger partial charge < -0.3 is 9.30 Å². The molecule has 3 aromatic rings. The summed E-state index contributed by atoms with van der Waals surface area (Å²) in [7, 11) is -0.979. The fourth-order valence-corrected chi connectivity index (χ4v) is 5.73. The van der Waals surface area contributed by atoms with Gasteiger partial charge in [0.25, 0.3) is 0 Å². The van der Waals surface area contributed by atoms with Crippen LogP contribution in [0.5, 0.6) is 5.75 Å². The van der Waals surface area contributed by atoms with E-state index in [1.165, 1.54) is 0 Å². The van der Waals surface area contributed by atoms with Crippen LogP contribution in [-0.4, -0.2) is 7.11 Å². The van der Waals surface area contributed by atoms with Crippen molar-refractivity contribution in [2.24, 2.45) is 0 Å². The molecule has 0 radical (unpaired) electrons. The highest BCUT2D eigenvalue weighted by Gasteiger charge is 2.26. The van der Waals surface area contributed by atoms with E-state index < -0.39 is 7.14 Å². The predicted octanol–water partition coefficient (Wildman–Crippen LogP) is 5.08. The Morgan fingerprint density at radius 3 is 2.00 bits per heavy atom. The second kappa shape index (κ2) is 7.51. The van der Waals surface area contributed by atoms with E-state index >= 15 is 0 Å². The molecule has 0 amide bonds. The van der Waals surface area contributed by atoms with Gasteiger partial charge in [-0.3, -0.25) is 0 Å². The Labute approximate surface area is 143 Å². The van der Waals surface area contributed by atoms with Crippen LogP contribution < -0.4 is 10.0 Å². The molecule has 122 valence electrons. The Morgan fingerprint density at radius 2 is 1.33 bits per heavy atom. The van der Waals surface area contributed by atoms with Crippen LogP contribution in [0.4, 0.5) is 0 Å². The molecule has 0 aliphatic rings. The summed E-state index contributed by atoms with van der Waals surface area (Å²) >= 11 is 0. The number of hydrogen-bond donors (Lipinski definition) is 0. The Kier molecular flexibility index (Phi) is 5.17. The molecule has 2 nitrogen and oxygen atoms in total. The lowest BCUT2D eigenvalue weighted by atomic mass is 10.2. The molecule has 0 bridgehead atoms. The first kappa shape index (κ1) is 16.5. The number of para-hydroxylation sites is 1. The van der Waals surface area contributed by atoms with Gasteiger partial charge in [-0.2, -0.15) is 0 Å². The summed E-state index contributed by atoms with van der Waals surface area (Å²) in [5.74, 6) is 0.793. The van der Waals surface area contributed by atoms with Crippen LogP contribution in [-0.2, 0) is 16.9 Å². The maximum absolute atomic E-state index is 14.0. The minimum absolute atomic E-state index is 0.496. The molecule has 0 heterocycles. The first-order valence-electron chi connectivity index (χ1n) is 8.01. The molecular weight excluding hydrogens is 315 g/mol. The molecule has 0 aliphatic heterocycles. The van der Waals surface area contributed by atoms with Crippen molar-refractivity contribution >= 4 is 12.4 Å². The molecule has 3 heteroatoms. The van der Waals surface area contributed by atoms with E-state index in [4.69, 9.17) is 4.74 Å². The Morgan fingerprint density at radius 1 is 0.750 bits per heavy atom. The Balaban J connectivity index is 2.01. The molecule has 0 spiro atoms. The lowest BCUT2D eigenvalue weighted by Crippen LogP contribution is -2.09. The summed E-state index contributed by atoms with van der Waals surface area (Å²) in [5, 5.41) is 0.916. The summed E-state index contributed by atoms with van der Waals surface area (Å²) in [6.45, 7) is 0. The number of methoxy groups -OCH3 is 1. The van der Waals surface area contributed by atoms with E-state index in [9.17, 15) is 4.57 Å². The van der Waals surface area contributed by atoms with Crippen LogP contribution in [0.2, 0.25) is 0 Å². The standard InChI is InChI=1S/C21H21O2P/c1-23-21-15-9-8-12-19(21)17-24(22,20-13-6-3-7-14-20)16-18-10-4-2-5-11-18/h2-15H,16-17H2,1H3/t24-/m1/s1. The summed E-state index contributed by atoms with van der Waals surface area (Å²) in [6.07, 6.45) is 1.05. The van der Waals surface area contributed by atoms with Crippen molar-refractivity contribution in [2.75, 3.05) is 7.11 Å². The largest absolute Gasteiger partial charge is 0.496 e. The maximum atomic E-state index is 14.0. The van der Waals surface area contributed by atoms with E-state index in [1.807, 2.05) is 84.9 Å². The zero-order valence-electron chi connectivity index (χ0n) is 13.8. The van der Waals surface area contributed by atoms with Crippen LogP contribution in [0.15, 0.2) is 84.9 Å². The number of rotatable bonds is 6. The van der Waals surface area contributed by atoms with Crippen molar-refractivity contribution in [1.29, 1.82) is 0 Å². The van der Waals surface area contributed by atoms with Crippen molar-refractivity contribution < 1.29 is 9.30 Å². The molecule has 0 saturated carbocycles. The number of hydrogen-bond acceptors (Lipinski definition) is 2. The quantitative estimate of drug-likeness (QED) is 0.587. The summed E-state index contributed by atoms with van der Waals surface area (Å²) < 4.78 is 19.4. The second-order valence-electron chi connectivity index (χ2n) is 5.84. The zero-order valence-corrected chi connectivity index (χ0v) is 14.7. The van der Waals surface area contributed by atoms with Gasteiger partial charge in [-0.15, -0.1) is 0 Å². The lowest BCUT2D eigenvalue weighted by Gasteiger charge is -2.20. The smallest absolute Gasteiger partial charge is 0.124 e. The Bertz CT molecular complexity index is 829. The minimum atomic E-state index is -2.64. The molecule has 24 heavy (non-hydrogen) atoms. The average Bonchev–Trinajstić information content (AvgIpc) is 2.64. The number of benzene rings is 3. The zero-order chi connectivity index (χ0) is 16.8. The van der Waals surface area contributed by atoms with Crippen LogP contribution in [0, 0.1) is 0 Å². The van der Waals surface area contributed by atoms with Crippen LogP contribution in [0.3, 0.4) is 0 Å². The van der Waals surface area contributed by atoms with Crippen molar-refractivity contribution in [3.63, 3.8) is 0 Å². The van der Waals surface area contributed by atoms with Gasteiger partial charge in [-0.1, -0.05) is 78.9 Å². The van der Waals surface area contributed by atoms with E-state index in [-0.39, 0.29) is 0 Å². The molecule has 0 aliphatic carbocycles. The van der Waals surface area contributed by atoms with Gasteiger partial charge >= 0.3 is 0 Å². The van der Waals surface area contributed by atoms with E-state index in [0.717, 1.165) is 22.2 Å². The van der Waals surface area contributed by atoms with Gasteiger partial charge in [0, 0.05) is 23.2 Å². The van der Waals surface area contributed by atoms with Crippen molar-refractivity contribution in [3.05, 3.63) is 96.1 Å². The normalized spacial score (nSPS) is 13.2. The van der Waals surface area contributed by atoms with Crippen molar-refractivity contribution in [2.45, 2.75) is 12.3 Å². The van der Waals surface area contributed by atoms with Gasteiger partial charge in [-0.25, -0.2) is 0 Å². The molecule has 0 fully saturated rings. The van der Waals surface area contributed by atoms with E-state index in [1.54, 1.807) is 7.11 Å². The Hall–Kier alpha value is -2.31. The topological polar surface area (TPSA) is 26.3 Å². The van der Waals surface area contributed by atoms with Gasteiger partial charge in [-0.05, 0) is 11.6 Å². The van der Waals surface area contributed by atoms with Crippen molar-refractivity contribution in [1.82, 2.24) is 0 Å². The van der Waals surface area contributed by atoms with Crippen molar-refractivity contribution in [3.8, 4) is 5.75 Å². The molecular formula is C21H21O2P. The SMILES string of the molecule is COc1ccccc1C[P@](=O)(Cc1ccccc1)c1ccccc1. The van der Waals surface area contributed by atoms with E-state index in [2.05, 4.69) is 0 Å².